The SMILES string of the molecule is CCOC(=O)c1cnc2c(C(=O)OCC)c(N)[nH]n2c1=O. The highest BCUT2D eigenvalue weighted by Crippen LogP contribution is 2.16. The highest BCUT2D eigenvalue weighted by molar-refractivity contribution is 6.01. The molecule has 2 aromatic rings. The number of aromatic nitrogens is 3. The van der Waals surface area contributed by atoms with E-state index in [-0.39, 0.29) is 35.8 Å². The van der Waals surface area contributed by atoms with E-state index in [9.17, 15) is 14.4 Å². The van der Waals surface area contributed by atoms with Crippen molar-refractivity contribution >= 4 is 23.4 Å². The van der Waals surface area contributed by atoms with Crippen molar-refractivity contribution in [2.45, 2.75) is 13.8 Å². The van der Waals surface area contributed by atoms with Crippen molar-refractivity contribution in [3.63, 3.8) is 0 Å². The van der Waals surface area contributed by atoms with Crippen molar-refractivity contribution in [1.82, 2.24) is 14.6 Å². The van der Waals surface area contributed by atoms with Gasteiger partial charge in [0.05, 0.1) is 13.2 Å². The predicted octanol–water partition coefficient (Wildman–Crippen LogP) is -0.0418. The number of nitrogens with zero attached hydrogens (tertiary/aromatic N) is 2. The number of nitrogens with one attached hydrogen (secondary N) is 1. The molecule has 0 aliphatic rings. The van der Waals surface area contributed by atoms with Crippen molar-refractivity contribution < 1.29 is 19.1 Å². The number of nitrogen functional groups attached to an aromatic ring is 1. The van der Waals surface area contributed by atoms with E-state index in [1.165, 1.54) is 0 Å². The van der Waals surface area contributed by atoms with Gasteiger partial charge in [-0.3, -0.25) is 9.89 Å². The van der Waals surface area contributed by atoms with E-state index in [2.05, 4.69) is 10.1 Å². The zero-order valence-electron chi connectivity index (χ0n) is 11.5. The topological polar surface area (TPSA) is 129 Å². The standard InChI is InChI=1S/C12H14N4O5/c1-3-20-11(18)6-5-14-9-7(12(19)21-4-2)8(13)15-16(9)10(6)17/h5,15H,3-4,13H2,1-2H3. The van der Waals surface area contributed by atoms with E-state index < -0.39 is 17.5 Å². The first-order valence-corrected chi connectivity index (χ1v) is 6.24. The maximum absolute atomic E-state index is 12.2. The Morgan fingerprint density at radius 2 is 1.90 bits per heavy atom. The lowest BCUT2D eigenvalue weighted by molar-refractivity contribution is 0.0517. The molecule has 0 spiro atoms. The lowest BCUT2D eigenvalue weighted by Crippen LogP contribution is -2.24. The number of ether oxygens (including phenoxy) is 2. The number of nitrogens with two attached hydrogens (primary N) is 1. The molecule has 0 atom stereocenters. The number of hydrogen-bond acceptors (Lipinski definition) is 7. The van der Waals surface area contributed by atoms with Crippen molar-refractivity contribution in [2.75, 3.05) is 18.9 Å². The minimum Gasteiger partial charge on any atom is -0.462 e. The second kappa shape index (κ2) is 5.65. The summed E-state index contributed by atoms with van der Waals surface area (Å²) in [5, 5.41) is 2.48. The summed E-state index contributed by atoms with van der Waals surface area (Å²) in [6.07, 6.45) is 1.05. The summed E-state index contributed by atoms with van der Waals surface area (Å²) in [5.41, 5.74) is 4.64. The number of carbonyl (C=O) groups excluding carboxylic acids is 2. The van der Waals surface area contributed by atoms with Gasteiger partial charge < -0.3 is 15.2 Å². The lowest BCUT2D eigenvalue weighted by Gasteiger charge is -2.02. The molecule has 0 amide bonds. The van der Waals surface area contributed by atoms with Gasteiger partial charge in [0.15, 0.2) is 5.65 Å². The molecule has 0 aliphatic carbocycles. The van der Waals surface area contributed by atoms with Crippen LogP contribution in [0.25, 0.3) is 5.65 Å². The first-order valence-electron chi connectivity index (χ1n) is 6.24. The number of hydrogen-bond donors (Lipinski definition) is 2. The number of aromatic amines is 1. The molecule has 0 unspecified atom stereocenters. The number of H-pyrrole nitrogens is 1. The van der Waals surface area contributed by atoms with E-state index in [0.717, 1.165) is 10.7 Å². The highest BCUT2D eigenvalue weighted by atomic mass is 16.5. The number of anilines is 1. The van der Waals surface area contributed by atoms with Gasteiger partial charge in [-0.05, 0) is 13.8 Å². The lowest BCUT2D eigenvalue weighted by atomic mass is 10.3. The van der Waals surface area contributed by atoms with E-state index in [1.54, 1.807) is 13.8 Å². The number of rotatable bonds is 4. The molecule has 3 N–H and O–H groups in total. The maximum atomic E-state index is 12.2. The van der Waals surface area contributed by atoms with Crippen LogP contribution in [0.2, 0.25) is 0 Å². The Labute approximate surface area is 118 Å². The zero-order chi connectivity index (χ0) is 15.6. The molecule has 0 saturated carbocycles. The van der Waals surface area contributed by atoms with Crippen LogP contribution in [0.3, 0.4) is 0 Å². The predicted molar refractivity (Wildman–Crippen MR) is 72.1 cm³/mol. The average Bonchev–Trinajstić information content (AvgIpc) is 2.77. The summed E-state index contributed by atoms with van der Waals surface area (Å²) in [4.78, 5) is 39.5. The molecule has 0 bridgehead atoms. The fourth-order valence-corrected chi connectivity index (χ4v) is 1.79. The average molecular weight is 294 g/mol. The van der Waals surface area contributed by atoms with Gasteiger partial charge in [0, 0.05) is 6.20 Å². The van der Waals surface area contributed by atoms with Crippen LogP contribution in [0.4, 0.5) is 5.82 Å². The van der Waals surface area contributed by atoms with Crippen LogP contribution in [0, 0.1) is 0 Å². The summed E-state index contributed by atoms with van der Waals surface area (Å²) >= 11 is 0. The Morgan fingerprint density at radius 3 is 2.52 bits per heavy atom. The molecule has 0 aromatic carbocycles. The molecule has 112 valence electrons. The number of fused-ring (bicyclic) bond motifs is 1. The van der Waals surface area contributed by atoms with Crippen LogP contribution in [0.15, 0.2) is 11.0 Å². The molecule has 2 rings (SSSR count). The molecule has 9 heteroatoms. The molecule has 0 fully saturated rings. The van der Waals surface area contributed by atoms with Gasteiger partial charge in [0.25, 0.3) is 5.56 Å². The van der Waals surface area contributed by atoms with Crippen LogP contribution < -0.4 is 11.3 Å². The quantitative estimate of drug-likeness (QED) is 0.757. The molecule has 0 aliphatic heterocycles. The summed E-state index contributed by atoms with van der Waals surface area (Å²) < 4.78 is 10.5. The minimum atomic E-state index is -0.796. The molecule has 2 aromatic heterocycles. The second-order valence-electron chi connectivity index (χ2n) is 3.98. The minimum absolute atomic E-state index is 0.0102. The molecule has 9 nitrogen and oxygen atoms in total. The summed E-state index contributed by atoms with van der Waals surface area (Å²) in [6, 6.07) is 0. The van der Waals surface area contributed by atoms with Crippen molar-refractivity contribution in [2.24, 2.45) is 0 Å². The highest BCUT2D eigenvalue weighted by Gasteiger charge is 2.23. The van der Waals surface area contributed by atoms with E-state index in [4.69, 9.17) is 15.2 Å². The molecule has 0 radical (unpaired) electrons. The Balaban J connectivity index is 2.61. The normalized spacial score (nSPS) is 10.6. The Kier molecular flexibility index (Phi) is 3.92. The third kappa shape index (κ3) is 2.45. The molecular formula is C12H14N4O5. The monoisotopic (exact) mass is 294 g/mol. The summed E-state index contributed by atoms with van der Waals surface area (Å²) in [7, 11) is 0. The van der Waals surface area contributed by atoms with Gasteiger partial charge in [-0.2, -0.15) is 4.52 Å². The Morgan fingerprint density at radius 1 is 1.29 bits per heavy atom. The van der Waals surface area contributed by atoms with Gasteiger partial charge in [-0.15, -0.1) is 0 Å². The molecule has 0 saturated heterocycles. The number of carbonyl (C=O) groups is 2. The van der Waals surface area contributed by atoms with Crippen LogP contribution in [0.1, 0.15) is 34.6 Å². The van der Waals surface area contributed by atoms with Crippen molar-refractivity contribution in [3.05, 3.63) is 27.7 Å². The van der Waals surface area contributed by atoms with Crippen molar-refractivity contribution in [1.29, 1.82) is 0 Å². The first-order chi connectivity index (χ1) is 10.0. The zero-order valence-corrected chi connectivity index (χ0v) is 11.5. The van der Waals surface area contributed by atoms with Crippen LogP contribution >= 0.6 is 0 Å². The van der Waals surface area contributed by atoms with Crippen LogP contribution in [-0.2, 0) is 9.47 Å². The van der Waals surface area contributed by atoms with E-state index >= 15 is 0 Å². The largest absolute Gasteiger partial charge is 0.462 e. The smallest absolute Gasteiger partial charge is 0.345 e. The Hall–Kier alpha value is -2.84. The third-order valence-electron chi connectivity index (χ3n) is 2.66. The van der Waals surface area contributed by atoms with Crippen molar-refractivity contribution in [3.8, 4) is 0 Å². The summed E-state index contributed by atoms with van der Waals surface area (Å²) in [6.45, 7) is 3.54. The molecule has 21 heavy (non-hydrogen) atoms. The molecular weight excluding hydrogens is 280 g/mol. The second-order valence-corrected chi connectivity index (χ2v) is 3.98. The fourth-order valence-electron chi connectivity index (χ4n) is 1.79. The van der Waals surface area contributed by atoms with Gasteiger partial charge in [0.2, 0.25) is 0 Å². The van der Waals surface area contributed by atoms with Crippen LogP contribution in [0.5, 0.6) is 0 Å². The van der Waals surface area contributed by atoms with E-state index in [1.807, 2.05) is 0 Å². The van der Waals surface area contributed by atoms with Gasteiger partial charge in [0.1, 0.15) is 16.9 Å². The third-order valence-corrected chi connectivity index (χ3v) is 2.66. The van der Waals surface area contributed by atoms with Gasteiger partial charge in [-0.25, -0.2) is 14.6 Å². The fraction of sp³-hybridized carbons (Fsp3) is 0.333. The van der Waals surface area contributed by atoms with Crippen LogP contribution in [-0.4, -0.2) is 39.8 Å². The van der Waals surface area contributed by atoms with Gasteiger partial charge in [-0.1, -0.05) is 0 Å². The Bertz CT molecular complexity index is 761. The number of esters is 2. The first kappa shape index (κ1) is 14.6. The summed E-state index contributed by atoms with van der Waals surface area (Å²) in [5.74, 6) is -1.57. The molecule has 2 heterocycles. The maximum Gasteiger partial charge on any atom is 0.345 e. The van der Waals surface area contributed by atoms with E-state index in [0.29, 0.717) is 0 Å². The van der Waals surface area contributed by atoms with Gasteiger partial charge >= 0.3 is 11.9 Å².